The molecule has 0 aromatic carbocycles. The Morgan fingerprint density at radius 1 is 1.09 bits per heavy atom. The van der Waals surface area contributed by atoms with Gasteiger partial charge in [-0.15, -0.1) is 0 Å². The fourth-order valence-corrected chi connectivity index (χ4v) is 2.90. The summed E-state index contributed by atoms with van der Waals surface area (Å²) in [5.41, 5.74) is 0.980. The van der Waals surface area contributed by atoms with Crippen LogP contribution in [-0.2, 0) is 0 Å². The highest BCUT2D eigenvalue weighted by Gasteiger charge is 2.21. The molecule has 3 heterocycles. The van der Waals surface area contributed by atoms with Crippen molar-refractivity contribution in [2.75, 3.05) is 55.0 Å². The molecule has 23 heavy (non-hydrogen) atoms. The molecular weight excluding hydrogens is 312 g/mol. The number of halogens is 1. The fraction of sp³-hybridized carbons (Fsp3) is 0.438. The van der Waals surface area contributed by atoms with Crippen molar-refractivity contribution in [1.29, 1.82) is 0 Å². The van der Waals surface area contributed by atoms with Crippen LogP contribution in [0.3, 0.4) is 0 Å². The monoisotopic (exact) mass is 332 g/mol. The summed E-state index contributed by atoms with van der Waals surface area (Å²) >= 11 is 6.24. The normalized spacial score (nSPS) is 15.0. The van der Waals surface area contributed by atoms with Crippen molar-refractivity contribution in [1.82, 2.24) is 15.0 Å². The van der Waals surface area contributed by atoms with E-state index in [1.54, 1.807) is 6.20 Å². The molecule has 3 rings (SSSR count). The van der Waals surface area contributed by atoms with Gasteiger partial charge in [-0.1, -0.05) is 11.6 Å². The highest BCUT2D eigenvalue weighted by molar-refractivity contribution is 6.32. The number of hydrogen-bond acceptors (Lipinski definition) is 6. The number of aryl methyl sites for hydroxylation is 1. The van der Waals surface area contributed by atoms with Gasteiger partial charge in [0, 0.05) is 58.2 Å². The predicted molar refractivity (Wildman–Crippen MR) is 94.8 cm³/mol. The standard InChI is InChI=1S/C16H21ClN6/c1-12-11-14(20-16(19-12)21(2)3)22-7-9-23(10-8-22)15-13(17)5-4-6-18-15/h4-6,11H,7-10H2,1-3H3. The van der Waals surface area contributed by atoms with E-state index in [0.717, 1.165) is 49.5 Å². The Balaban J connectivity index is 1.73. The smallest absolute Gasteiger partial charge is 0.226 e. The van der Waals surface area contributed by atoms with E-state index < -0.39 is 0 Å². The molecule has 0 saturated carbocycles. The quantitative estimate of drug-likeness (QED) is 0.859. The first-order valence-corrected chi connectivity index (χ1v) is 8.06. The lowest BCUT2D eigenvalue weighted by Crippen LogP contribution is -2.47. The summed E-state index contributed by atoms with van der Waals surface area (Å²) in [6.07, 6.45) is 1.78. The number of pyridine rings is 1. The van der Waals surface area contributed by atoms with Gasteiger partial charge in [-0.25, -0.2) is 9.97 Å². The maximum Gasteiger partial charge on any atom is 0.226 e. The number of hydrogen-bond donors (Lipinski definition) is 0. The Hall–Kier alpha value is -2.08. The molecule has 0 radical (unpaired) electrons. The SMILES string of the molecule is Cc1cc(N2CCN(c3ncccc3Cl)CC2)nc(N(C)C)n1. The Morgan fingerprint density at radius 2 is 1.78 bits per heavy atom. The largest absolute Gasteiger partial charge is 0.353 e. The van der Waals surface area contributed by atoms with E-state index in [0.29, 0.717) is 5.02 Å². The molecule has 0 atom stereocenters. The van der Waals surface area contributed by atoms with Crippen molar-refractivity contribution in [3.05, 3.63) is 35.1 Å². The molecule has 0 N–H and O–H groups in total. The molecule has 7 heteroatoms. The molecule has 0 aliphatic carbocycles. The highest BCUT2D eigenvalue weighted by atomic mass is 35.5. The summed E-state index contributed by atoms with van der Waals surface area (Å²) in [4.78, 5) is 19.9. The molecule has 2 aromatic rings. The Bertz CT molecular complexity index is 682. The minimum atomic E-state index is 0.703. The van der Waals surface area contributed by atoms with Gasteiger partial charge in [0.15, 0.2) is 0 Å². The summed E-state index contributed by atoms with van der Waals surface area (Å²) in [6, 6.07) is 5.78. The molecular formula is C16H21ClN6. The van der Waals surface area contributed by atoms with Crippen LogP contribution in [0.15, 0.2) is 24.4 Å². The van der Waals surface area contributed by atoms with Crippen LogP contribution in [0, 0.1) is 6.92 Å². The van der Waals surface area contributed by atoms with Crippen LogP contribution >= 0.6 is 11.6 Å². The summed E-state index contributed by atoms with van der Waals surface area (Å²) in [5, 5.41) is 0.703. The minimum Gasteiger partial charge on any atom is -0.353 e. The van der Waals surface area contributed by atoms with E-state index in [1.165, 1.54) is 0 Å². The molecule has 1 aliphatic rings. The van der Waals surface area contributed by atoms with Crippen molar-refractivity contribution < 1.29 is 0 Å². The van der Waals surface area contributed by atoms with Crippen LogP contribution in [0.2, 0.25) is 5.02 Å². The van der Waals surface area contributed by atoms with Crippen LogP contribution in [0.5, 0.6) is 0 Å². The van der Waals surface area contributed by atoms with Crippen molar-refractivity contribution in [2.24, 2.45) is 0 Å². The zero-order chi connectivity index (χ0) is 16.4. The predicted octanol–water partition coefficient (Wildman–Crippen LogP) is 2.23. The Kier molecular flexibility index (Phi) is 4.52. The average molecular weight is 333 g/mol. The third-order valence-electron chi connectivity index (χ3n) is 3.87. The van der Waals surface area contributed by atoms with Gasteiger partial charge in [-0.2, -0.15) is 4.98 Å². The Labute approximate surface area is 141 Å². The molecule has 6 nitrogen and oxygen atoms in total. The van der Waals surface area contributed by atoms with E-state index in [2.05, 4.69) is 24.8 Å². The number of piperazine rings is 1. The zero-order valence-electron chi connectivity index (χ0n) is 13.7. The summed E-state index contributed by atoms with van der Waals surface area (Å²) in [7, 11) is 3.92. The maximum absolute atomic E-state index is 6.24. The van der Waals surface area contributed by atoms with E-state index in [9.17, 15) is 0 Å². The van der Waals surface area contributed by atoms with Crippen LogP contribution in [0.25, 0.3) is 0 Å². The molecule has 1 fully saturated rings. The van der Waals surface area contributed by atoms with Crippen molar-refractivity contribution >= 4 is 29.2 Å². The van der Waals surface area contributed by atoms with Gasteiger partial charge in [0.25, 0.3) is 0 Å². The number of anilines is 3. The maximum atomic E-state index is 6.24. The third kappa shape index (κ3) is 3.47. The minimum absolute atomic E-state index is 0.703. The molecule has 0 spiro atoms. The number of nitrogens with zero attached hydrogens (tertiary/aromatic N) is 6. The number of rotatable bonds is 3. The second kappa shape index (κ2) is 6.58. The van der Waals surface area contributed by atoms with Gasteiger partial charge in [-0.3, -0.25) is 0 Å². The van der Waals surface area contributed by atoms with Crippen molar-refractivity contribution in [3.63, 3.8) is 0 Å². The van der Waals surface area contributed by atoms with Gasteiger partial charge in [0.05, 0.1) is 5.02 Å². The van der Waals surface area contributed by atoms with Gasteiger partial charge >= 0.3 is 0 Å². The highest BCUT2D eigenvalue weighted by Crippen LogP contribution is 2.25. The lowest BCUT2D eigenvalue weighted by molar-refractivity contribution is 0.640. The molecule has 0 bridgehead atoms. The van der Waals surface area contributed by atoms with Crippen LogP contribution in [0.1, 0.15) is 5.69 Å². The lowest BCUT2D eigenvalue weighted by Gasteiger charge is -2.36. The van der Waals surface area contributed by atoms with E-state index in [4.69, 9.17) is 11.6 Å². The summed E-state index contributed by atoms with van der Waals surface area (Å²) in [6.45, 7) is 5.52. The third-order valence-corrected chi connectivity index (χ3v) is 4.17. The van der Waals surface area contributed by atoms with Gasteiger partial charge in [-0.05, 0) is 19.1 Å². The molecule has 0 amide bonds. The van der Waals surface area contributed by atoms with Gasteiger partial charge < -0.3 is 14.7 Å². The van der Waals surface area contributed by atoms with Crippen LogP contribution in [0.4, 0.5) is 17.6 Å². The fourth-order valence-electron chi connectivity index (χ4n) is 2.66. The van der Waals surface area contributed by atoms with Crippen LogP contribution < -0.4 is 14.7 Å². The molecule has 122 valence electrons. The Morgan fingerprint density at radius 3 is 2.43 bits per heavy atom. The second-order valence-corrected chi connectivity index (χ2v) is 6.25. The first-order chi connectivity index (χ1) is 11.0. The number of aromatic nitrogens is 3. The zero-order valence-corrected chi connectivity index (χ0v) is 14.5. The molecule has 1 saturated heterocycles. The first kappa shape index (κ1) is 15.8. The van der Waals surface area contributed by atoms with E-state index in [-0.39, 0.29) is 0 Å². The van der Waals surface area contributed by atoms with Gasteiger partial charge in [0.2, 0.25) is 5.95 Å². The van der Waals surface area contributed by atoms with Crippen LogP contribution in [-0.4, -0.2) is 55.2 Å². The first-order valence-electron chi connectivity index (χ1n) is 7.68. The topological polar surface area (TPSA) is 48.4 Å². The average Bonchev–Trinajstić information content (AvgIpc) is 2.55. The summed E-state index contributed by atoms with van der Waals surface area (Å²) in [5.74, 6) is 2.59. The van der Waals surface area contributed by atoms with Crippen molar-refractivity contribution in [2.45, 2.75) is 6.92 Å². The van der Waals surface area contributed by atoms with Crippen molar-refractivity contribution in [3.8, 4) is 0 Å². The van der Waals surface area contributed by atoms with E-state index in [1.807, 2.05) is 44.1 Å². The molecule has 0 unspecified atom stereocenters. The van der Waals surface area contributed by atoms with E-state index >= 15 is 0 Å². The lowest BCUT2D eigenvalue weighted by atomic mass is 10.3. The molecule has 2 aromatic heterocycles. The molecule has 1 aliphatic heterocycles. The summed E-state index contributed by atoms with van der Waals surface area (Å²) < 4.78 is 0. The van der Waals surface area contributed by atoms with Gasteiger partial charge in [0.1, 0.15) is 11.6 Å². The second-order valence-electron chi connectivity index (χ2n) is 5.84.